The highest BCUT2D eigenvalue weighted by molar-refractivity contribution is 9.10. The molecule has 0 fully saturated rings. The molecule has 0 saturated carbocycles. The van der Waals surface area contributed by atoms with Gasteiger partial charge in [-0.05, 0) is 29.8 Å². The zero-order valence-electron chi connectivity index (χ0n) is 9.75. The second kappa shape index (κ2) is 5.76. The summed E-state index contributed by atoms with van der Waals surface area (Å²) >= 11 is 3.09. The molecule has 0 aromatic carbocycles. The lowest BCUT2D eigenvalue weighted by Gasteiger charge is -2.18. The van der Waals surface area contributed by atoms with E-state index in [4.69, 9.17) is 5.11 Å². The lowest BCUT2D eigenvalue weighted by molar-refractivity contribution is -0.384. The van der Waals surface area contributed by atoms with Gasteiger partial charge in [0.2, 0.25) is 5.82 Å². The highest BCUT2D eigenvalue weighted by Crippen LogP contribution is 2.26. The topological polar surface area (TPSA) is 105 Å². The zero-order valence-corrected chi connectivity index (χ0v) is 11.3. The Morgan fingerprint density at radius 3 is 2.72 bits per heavy atom. The van der Waals surface area contributed by atoms with Crippen LogP contribution in [0.5, 0.6) is 0 Å². The van der Waals surface area contributed by atoms with Gasteiger partial charge in [0, 0.05) is 22.8 Å². The summed E-state index contributed by atoms with van der Waals surface area (Å²) in [6, 6.07) is 0.836. The van der Waals surface area contributed by atoms with Crippen molar-refractivity contribution in [3.05, 3.63) is 26.9 Å². The van der Waals surface area contributed by atoms with Gasteiger partial charge in [-0.25, -0.2) is 4.98 Å². The van der Waals surface area contributed by atoms with Crippen molar-refractivity contribution >= 4 is 33.4 Å². The van der Waals surface area contributed by atoms with Gasteiger partial charge in [-0.2, -0.15) is 0 Å². The molecule has 1 rings (SSSR count). The first kappa shape index (κ1) is 14.4. The van der Waals surface area contributed by atoms with Gasteiger partial charge in [0.25, 0.3) is 0 Å². The molecule has 2 N–H and O–H groups in total. The van der Waals surface area contributed by atoms with Gasteiger partial charge < -0.3 is 10.4 Å². The van der Waals surface area contributed by atoms with Crippen LogP contribution in [0.1, 0.15) is 13.8 Å². The summed E-state index contributed by atoms with van der Waals surface area (Å²) in [5.74, 6) is -1.60. The van der Waals surface area contributed by atoms with Crippen molar-refractivity contribution < 1.29 is 14.8 Å². The minimum Gasteiger partial charge on any atom is -0.481 e. The lowest BCUT2D eigenvalue weighted by atomic mass is 10.0. The standard InChI is InChI=1S/C10H12BrN3O4/c1-5(10(15)16)6(2)13-9-8(14(17)18)3-7(11)4-12-9/h3-6H,1-2H3,(H,12,13)(H,15,16). The number of carbonyl (C=O) groups is 1. The predicted molar refractivity (Wildman–Crippen MR) is 68.5 cm³/mol. The summed E-state index contributed by atoms with van der Waals surface area (Å²) in [4.78, 5) is 25.0. The van der Waals surface area contributed by atoms with E-state index in [2.05, 4.69) is 26.2 Å². The molecular weight excluding hydrogens is 306 g/mol. The number of aromatic nitrogens is 1. The predicted octanol–water partition coefficient (Wildman–Crippen LogP) is 2.27. The Balaban J connectivity index is 2.97. The van der Waals surface area contributed by atoms with Crippen LogP contribution in [0.4, 0.5) is 11.5 Å². The summed E-state index contributed by atoms with van der Waals surface area (Å²) < 4.78 is 0.485. The van der Waals surface area contributed by atoms with E-state index in [1.54, 1.807) is 6.92 Å². The summed E-state index contributed by atoms with van der Waals surface area (Å²) in [7, 11) is 0. The molecule has 0 radical (unpaired) electrons. The Morgan fingerprint density at radius 2 is 2.22 bits per heavy atom. The molecule has 0 aliphatic heterocycles. The maximum absolute atomic E-state index is 10.8. The van der Waals surface area contributed by atoms with Gasteiger partial charge in [0.1, 0.15) is 0 Å². The van der Waals surface area contributed by atoms with Gasteiger partial charge in [-0.3, -0.25) is 14.9 Å². The molecule has 98 valence electrons. The number of carboxylic acids is 1. The van der Waals surface area contributed by atoms with Crippen molar-refractivity contribution in [3.63, 3.8) is 0 Å². The van der Waals surface area contributed by atoms with E-state index in [0.29, 0.717) is 4.47 Å². The maximum Gasteiger partial charge on any atom is 0.312 e. The Kier molecular flexibility index (Phi) is 4.60. The minimum absolute atomic E-state index is 0.0591. The van der Waals surface area contributed by atoms with Crippen molar-refractivity contribution in [2.75, 3.05) is 5.32 Å². The number of halogens is 1. The van der Waals surface area contributed by atoms with Gasteiger partial charge in [-0.15, -0.1) is 0 Å². The fourth-order valence-electron chi connectivity index (χ4n) is 1.23. The molecule has 1 aromatic rings. The minimum atomic E-state index is -0.977. The van der Waals surface area contributed by atoms with Gasteiger partial charge >= 0.3 is 11.7 Å². The van der Waals surface area contributed by atoms with E-state index < -0.39 is 22.9 Å². The summed E-state index contributed by atoms with van der Waals surface area (Å²) in [5.41, 5.74) is -0.200. The van der Waals surface area contributed by atoms with Crippen molar-refractivity contribution in [2.24, 2.45) is 5.92 Å². The zero-order chi connectivity index (χ0) is 13.9. The summed E-state index contributed by atoms with van der Waals surface area (Å²) in [6.45, 7) is 3.15. The Morgan fingerprint density at radius 1 is 1.61 bits per heavy atom. The van der Waals surface area contributed by atoms with E-state index in [0.717, 1.165) is 0 Å². The van der Waals surface area contributed by atoms with Crippen molar-refractivity contribution in [1.82, 2.24) is 4.98 Å². The fraction of sp³-hybridized carbons (Fsp3) is 0.400. The molecule has 2 atom stereocenters. The SMILES string of the molecule is CC(Nc1ncc(Br)cc1[N+](=O)[O-])C(C)C(=O)O. The van der Waals surface area contributed by atoms with E-state index >= 15 is 0 Å². The molecule has 0 spiro atoms. The fourth-order valence-corrected chi connectivity index (χ4v) is 1.55. The van der Waals surface area contributed by atoms with Crippen molar-refractivity contribution in [1.29, 1.82) is 0 Å². The van der Waals surface area contributed by atoms with Crippen LogP contribution >= 0.6 is 15.9 Å². The van der Waals surface area contributed by atoms with Gasteiger partial charge in [-0.1, -0.05) is 0 Å². The van der Waals surface area contributed by atoms with Crippen LogP contribution in [-0.4, -0.2) is 27.0 Å². The highest BCUT2D eigenvalue weighted by Gasteiger charge is 2.23. The van der Waals surface area contributed by atoms with Crippen LogP contribution in [0.3, 0.4) is 0 Å². The number of anilines is 1. The monoisotopic (exact) mass is 317 g/mol. The average Bonchev–Trinajstić information content (AvgIpc) is 2.29. The normalized spacial score (nSPS) is 13.7. The Labute approximate surface area is 112 Å². The first-order valence-corrected chi connectivity index (χ1v) is 5.91. The molecule has 0 aliphatic carbocycles. The summed E-state index contributed by atoms with van der Waals surface area (Å²) in [6.07, 6.45) is 1.41. The summed E-state index contributed by atoms with van der Waals surface area (Å²) in [5, 5.41) is 22.4. The van der Waals surface area contributed by atoms with Gasteiger partial charge in [0.15, 0.2) is 0 Å². The van der Waals surface area contributed by atoms with E-state index in [1.807, 2.05) is 0 Å². The van der Waals surface area contributed by atoms with Crippen LogP contribution in [0.2, 0.25) is 0 Å². The van der Waals surface area contributed by atoms with E-state index in [9.17, 15) is 14.9 Å². The molecule has 8 heteroatoms. The molecular formula is C10H12BrN3O4. The molecule has 1 aromatic heterocycles. The highest BCUT2D eigenvalue weighted by atomic mass is 79.9. The number of aliphatic carboxylic acids is 1. The van der Waals surface area contributed by atoms with Crippen molar-refractivity contribution in [2.45, 2.75) is 19.9 Å². The average molecular weight is 318 g/mol. The van der Waals surface area contributed by atoms with Crippen LogP contribution in [0.25, 0.3) is 0 Å². The quantitative estimate of drug-likeness (QED) is 0.637. The third-order valence-electron chi connectivity index (χ3n) is 2.53. The number of nitro groups is 1. The molecule has 0 bridgehead atoms. The number of hydrogen-bond donors (Lipinski definition) is 2. The molecule has 0 saturated heterocycles. The number of pyridine rings is 1. The number of carboxylic acid groups (broad SMARTS) is 1. The third-order valence-corrected chi connectivity index (χ3v) is 2.97. The van der Waals surface area contributed by atoms with E-state index in [-0.39, 0.29) is 11.5 Å². The van der Waals surface area contributed by atoms with Crippen LogP contribution in [0.15, 0.2) is 16.7 Å². The Hall–Kier alpha value is -1.70. The van der Waals surface area contributed by atoms with E-state index in [1.165, 1.54) is 19.2 Å². The molecule has 2 unspecified atom stereocenters. The smallest absolute Gasteiger partial charge is 0.312 e. The lowest BCUT2D eigenvalue weighted by Crippen LogP contribution is -2.30. The largest absolute Gasteiger partial charge is 0.481 e. The van der Waals surface area contributed by atoms with Crippen LogP contribution < -0.4 is 5.32 Å². The third kappa shape index (κ3) is 3.39. The Bertz CT molecular complexity index is 480. The second-order valence-corrected chi connectivity index (χ2v) is 4.75. The molecule has 18 heavy (non-hydrogen) atoms. The van der Waals surface area contributed by atoms with Crippen LogP contribution in [-0.2, 0) is 4.79 Å². The maximum atomic E-state index is 10.8. The number of nitrogens with one attached hydrogen (secondary N) is 1. The van der Waals surface area contributed by atoms with Gasteiger partial charge in [0.05, 0.1) is 10.8 Å². The number of rotatable bonds is 5. The molecule has 0 amide bonds. The first-order chi connectivity index (χ1) is 8.32. The van der Waals surface area contributed by atoms with Crippen molar-refractivity contribution in [3.8, 4) is 0 Å². The second-order valence-electron chi connectivity index (χ2n) is 3.84. The molecule has 1 heterocycles. The van der Waals surface area contributed by atoms with Crippen LogP contribution in [0, 0.1) is 16.0 Å². The number of hydrogen-bond acceptors (Lipinski definition) is 5. The number of nitrogens with zero attached hydrogens (tertiary/aromatic N) is 2. The first-order valence-electron chi connectivity index (χ1n) is 5.12. The molecule has 7 nitrogen and oxygen atoms in total. The molecule has 0 aliphatic rings.